The van der Waals surface area contributed by atoms with Crippen LogP contribution >= 0.6 is 11.6 Å². The number of hydrogen-bond acceptors (Lipinski definition) is 1. The molecule has 3 unspecified atom stereocenters. The van der Waals surface area contributed by atoms with E-state index in [2.05, 4.69) is 19.2 Å². The SMILES string of the molecule is CCNC(Cc1cc(F)ccc1Cl)C1CCC(CC)C1. The predicted molar refractivity (Wildman–Crippen MR) is 83.7 cm³/mol. The van der Waals surface area contributed by atoms with E-state index >= 15 is 0 Å². The summed E-state index contributed by atoms with van der Waals surface area (Å²) >= 11 is 6.21. The number of likely N-dealkylation sites (N-methyl/N-ethyl adjacent to an activating group) is 1. The van der Waals surface area contributed by atoms with Crippen LogP contribution in [0.4, 0.5) is 4.39 Å². The molecule has 3 heteroatoms. The van der Waals surface area contributed by atoms with E-state index < -0.39 is 0 Å². The fourth-order valence-corrected chi connectivity index (χ4v) is 3.65. The molecule has 0 amide bonds. The Balaban J connectivity index is 2.07. The molecule has 1 saturated carbocycles. The number of hydrogen-bond donors (Lipinski definition) is 1. The van der Waals surface area contributed by atoms with Crippen LogP contribution in [0, 0.1) is 17.7 Å². The fraction of sp³-hybridized carbons (Fsp3) is 0.647. The van der Waals surface area contributed by atoms with Gasteiger partial charge in [0.1, 0.15) is 5.82 Å². The molecule has 20 heavy (non-hydrogen) atoms. The third-order valence-electron chi connectivity index (χ3n) is 4.64. The van der Waals surface area contributed by atoms with Crippen molar-refractivity contribution in [2.24, 2.45) is 11.8 Å². The maximum absolute atomic E-state index is 13.4. The van der Waals surface area contributed by atoms with Gasteiger partial charge in [-0.05, 0) is 61.4 Å². The van der Waals surface area contributed by atoms with Gasteiger partial charge in [-0.2, -0.15) is 0 Å². The summed E-state index contributed by atoms with van der Waals surface area (Å²) in [5.41, 5.74) is 0.928. The summed E-state index contributed by atoms with van der Waals surface area (Å²) in [6, 6.07) is 5.09. The molecule has 0 saturated heterocycles. The summed E-state index contributed by atoms with van der Waals surface area (Å²) in [6.45, 7) is 5.36. The molecule has 1 aliphatic rings. The first kappa shape index (κ1) is 15.8. The van der Waals surface area contributed by atoms with Gasteiger partial charge in [0, 0.05) is 11.1 Å². The van der Waals surface area contributed by atoms with E-state index in [0.717, 1.165) is 24.4 Å². The van der Waals surface area contributed by atoms with Gasteiger partial charge in [-0.1, -0.05) is 38.3 Å². The van der Waals surface area contributed by atoms with Crippen molar-refractivity contribution in [2.45, 2.75) is 52.0 Å². The standard InChI is InChI=1S/C17H25ClFN/c1-3-12-5-6-13(9-12)17(20-4-2)11-14-10-15(19)7-8-16(14)18/h7-8,10,12-13,17,20H,3-6,9,11H2,1-2H3. The quantitative estimate of drug-likeness (QED) is 0.793. The topological polar surface area (TPSA) is 12.0 Å². The summed E-state index contributed by atoms with van der Waals surface area (Å²) in [5.74, 6) is 1.36. The Morgan fingerprint density at radius 1 is 1.35 bits per heavy atom. The summed E-state index contributed by atoms with van der Waals surface area (Å²) < 4.78 is 13.4. The second-order valence-corrected chi connectivity index (χ2v) is 6.36. The lowest BCUT2D eigenvalue weighted by Crippen LogP contribution is -2.37. The maximum Gasteiger partial charge on any atom is 0.123 e. The molecule has 1 aromatic rings. The number of nitrogens with one attached hydrogen (secondary N) is 1. The van der Waals surface area contributed by atoms with Crippen LogP contribution in [0.1, 0.15) is 45.1 Å². The van der Waals surface area contributed by atoms with Gasteiger partial charge in [0.15, 0.2) is 0 Å². The van der Waals surface area contributed by atoms with Crippen LogP contribution in [0.2, 0.25) is 5.02 Å². The minimum absolute atomic E-state index is 0.197. The average Bonchev–Trinajstić information content (AvgIpc) is 2.91. The van der Waals surface area contributed by atoms with Crippen molar-refractivity contribution < 1.29 is 4.39 Å². The first-order valence-corrected chi connectivity index (χ1v) is 8.19. The summed E-state index contributed by atoms with van der Waals surface area (Å²) in [6.07, 6.45) is 6.01. The van der Waals surface area contributed by atoms with E-state index in [-0.39, 0.29) is 5.82 Å². The number of benzene rings is 1. The van der Waals surface area contributed by atoms with E-state index in [4.69, 9.17) is 11.6 Å². The fourth-order valence-electron chi connectivity index (χ4n) is 3.45. The van der Waals surface area contributed by atoms with Gasteiger partial charge in [-0.3, -0.25) is 0 Å². The van der Waals surface area contributed by atoms with Gasteiger partial charge in [0.25, 0.3) is 0 Å². The normalized spacial score (nSPS) is 24.0. The molecule has 0 aromatic heterocycles. The number of halogens is 2. The third-order valence-corrected chi connectivity index (χ3v) is 5.01. The Morgan fingerprint density at radius 2 is 2.15 bits per heavy atom. The highest BCUT2D eigenvalue weighted by Crippen LogP contribution is 2.36. The Bertz CT molecular complexity index is 435. The van der Waals surface area contributed by atoms with Gasteiger partial charge >= 0.3 is 0 Å². The van der Waals surface area contributed by atoms with Gasteiger partial charge in [-0.25, -0.2) is 4.39 Å². The molecule has 3 atom stereocenters. The second-order valence-electron chi connectivity index (χ2n) is 5.95. The summed E-state index contributed by atoms with van der Waals surface area (Å²) in [7, 11) is 0. The molecule has 0 aliphatic heterocycles. The van der Waals surface area contributed by atoms with Crippen molar-refractivity contribution in [2.75, 3.05) is 6.54 Å². The van der Waals surface area contributed by atoms with Crippen molar-refractivity contribution in [3.05, 3.63) is 34.6 Å². The van der Waals surface area contributed by atoms with Crippen LogP contribution in [-0.4, -0.2) is 12.6 Å². The van der Waals surface area contributed by atoms with Crippen LogP contribution in [0.3, 0.4) is 0 Å². The predicted octanol–water partition coefficient (Wildman–Crippen LogP) is 4.83. The molecule has 1 nitrogen and oxygen atoms in total. The lowest BCUT2D eigenvalue weighted by atomic mass is 9.91. The van der Waals surface area contributed by atoms with Crippen LogP contribution in [0.15, 0.2) is 18.2 Å². The summed E-state index contributed by atoms with van der Waals surface area (Å²) in [4.78, 5) is 0. The maximum atomic E-state index is 13.4. The molecule has 1 aliphatic carbocycles. The molecule has 2 rings (SSSR count). The monoisotopic (exact) mass is 297 g/mol. The highest BCUT2D eigenvalue weighted by Gasteiger charge is 2.30. The Labute approximate surface area is 126 Å². The lowest BCUT2D eigenvalue weighted by molar-refractivity contribution is 0.348. The zero-order valence-corrected chi connectivity index (χ0v) is 13.2. The Kier molecular flexibility index (Phi) is 5.86. The van der Waals surface area contributed by atoms with Gasteiger partial charge in [-0.15, -0.1) is 0 Å². The van der Waals surface area contributed by atoms with Crippen molar-refractivity contribution in [3.63, 3.8) is 0 Å². The smallest absolute Gasteiger partial charge is 0.123 e. The van der Waals surface area contributed by atoms with Crippen LogP contribution in [0.25, 0.3) is 0 Å². The van der Waals surface area contributed by atoms with Crippen molar-refractivity contribution in [3.8, 4) is 0 Å². The van der Waals surface area contributed by atoms with Gasteiger partial charge < -0.3 is 5.32 Å². The van der Waals surface area contributed by atoms with E-state index in [1.165, 1.54) is 31.7 Å². The van der Waals surface area contributed by atoms with Crippen molar-refractivity contribution in [1.82, 2.24) is 5.32 Å². The van der Waals surface area contributed by atoms with Crippen molar-refractivity contribution >= 4 is 11.6 Å². The zero-order chi connectivity index (χ0) is 14.5. The molecule has 0 radical (unpaired) electrons. The number of rotatable bonds is 6. The van der Waals surface area contributed by atoms with Gasteiger partial charge in [0.2, 0.25) is 0 Å². The second kappa shape index (κ2) is 7.42. The van der Waals surface area contributed by atoms with Crippen molar-refractivity contribution in [1.29, 1.82) is 0 Å². The molecular weight excluding hydrogens is 273 g/mol. The molecule has 112 valence electrons. The Morgan fingerprint density at radius 3 is 2.80 bits per heavy atom. The van der Waals surface area contributed by atoms with Crippen LogP contribution in [0.5, 0.6) is 0 Å². The highest BCUT2D eigenvalue weighted by molar-refractivity contribution is 6.31. The summed E-state index contributed by atoms with van der Waals surface area (Å²) in [5, 5.41) is 4.26. The average molecular weight is 298 g/mol. The molecular formula is C17H25ClFN. The first-order valence-electron chi connectivity index (χ1n) is 7.81. The molecule has 0 spiro atoms. The minimum atomic E-state index is -0.197. The largest absolute Gasteiger partial charge is 0.314 e. The molecule has 1 aromatic carbocycles. The molecule has 0 bridgehead atoms. The third kappa shape index (κ3) is 3.95. The lowest BCUT2D eigenvalue weighted by Gasteiger charge is -2.25. The van der Waals surface area contributed by atoms with Crippen LogP contribution in [-0.2, 0) is 6.42 Å². The van der Waals surface area contributed by atoms with E-state index in [1.54, 1.807) is 12.1 Å². The first-order chi connectivity index (χ1) is 9.63. The Hall–Kier alpha value is -0.600. The molecule has 0 heterocycles. The highest BCUT2D eigenvalue weighted by atomic mass is 35.5. The van der Waals surface area contributed by atoms with E-state index in [0.29, 0.717) is 17.0 Å². The van der Waals surface area contributed by atoms with E-state index in [9.17, 15) is 4.39 Å². The molecule has 1 N–H and O–H groups in total. The minimum Gasteiger partial charge on any atom is -0.314 e. The zero-order valence-electron chi connectivity index (χ0n) is 12.5. The van der Waals surface area contributed by atoms with Crippen LogP contribution < -0.4 is 5.32 Å². The molecule has 1 fully saturated rings. The van der Waals surface area contributed by atoms with E-state index in [1.807, 2.05) is 0 Å². The van der Waals surface area contributed by atoms with Gasteiger partial charge in [0.05, 0.1) is 0 Å².